The Labute approximate surface area is 362 Å². The number of nitrogens with one attached hydrogen (secondary N) is 5. The van der Waals surface area contributed by atoms with Crippen LogP contribution in [-0.2, 0) is 25.5 Å². The molecular formula is C46H59N9O7. The number of tetrazole rings is 1. The van der Waals surface area contributed by atoms with Gasteiger partial charge in [0.15, 0.2) is 0 Å². The fourth-order valence-corrected chi connectivity index (χ4v) is 7.71. The Hall–Kier alpha value is -6.32. The lowest BCUT2D eigenvalue weighted by Gasteiger charge is -2.29. The molecule has 5 N–H and O–H groups in total. The van der Waals surface area contributed by atoms with Gasteiger partial charge in [-0.15, -0.1) is 10.2 Å². The first-order valence-corrected chi connectivity index (χ1v) is 21.3. The number of H-pyrrole nitrogens is 1. The summed E-state index contributed by atoms with van der Waals surface area (Å²) < 4.78 is 10.8. The van der Waals surface area contributed by atoms with Crippen molar-refractivity contribution in [3.63, 3.8) is 0 Å². The number of hydrogen-bond donors (Lipinski definition) is 5. The maximum Gasteiger partial charge on any atom is 0.410 e. The van der Waals surface area contributed by atoms with Crippen molar-refractivity contribution in [2.24, 2.45) is 11.8 Å². The average molecular weight is 850 g/mol. The predicted octanol–water partition coefficient (Wildman–Crippen LogP) is 6.58. The maximum atomic E-state index is 13.9. The molecule has 0 bridgehead atoms. The summed E-state index contributed by atoms with van der Waals surface area (Å²) in [6, 6.07) is 19.4. The molecule has 2 aliphatic rings. The largest absolute Gasteiger partial charge is 0.444 e. The molecule has 0 radical (unpaired) electrons. The third kappa shape index (κ3) is 12.8. The second kappa shape index (κ2) is 19.6. The molecule has 1 saturated carbocycles. The molecular weight excluding hydrogens is 791 g/mol. The van der Waals surface area contributed by atoms with Crippen LogP contribution < -0.4 is 21.3 Å². The van der Waals surface area contributed by atoms with Crippen LogP contribution in [-0.4, -0.2) is 98.4 Å². The summed E-state index contributed by atoms with van der Waals surface area (Å²) in [5.41, 5.74) is 4.29. The molecule has 330 valence electrons. The van der Waals surface area contributed by atoms with Crippen molar-refractivity contribution < 1.29 is 33.4 Å². The fourth-order valence-electron chi connectivity index (χ4n) is 7.71. The highest BCUT2D eigenvalue weighted by molar-refractivity contribution is 5.98. The Bertz CT molecular complexity index is 2190. The molecule has 62 heavy (non-hydrogen) atoms. The van der Waals surface area contributed by atoms with Gasteiger partial charge in [-0.3, -0.25) is 14.4 Å². The summed E-state index contributed by atoms with van der Waals surface area (Å²) in [5.74, 6) is -0.350. The summed E-state index contributed by atoms with van der Waals surface area (Å²) >= 11 is 0. The second-order valence-electron chi connectivity index (χ2n) is 18.3. The molecule has 2 fully saturated rings. The van der Waals surface area contributed by atoms with Crippen LogP contribution in [0.2, 0.25) is 0 Å². The zero-order valence-corrected chi connectivity index (χ0v) is 36.7. The number of benzene rings is 3. The van der Waals surface area contributed by atoms with Crippen molar-refractivity contribution in [1.29, 1.82) is 0 Å². The number of likely N-dealkylation sites (tertiary alicyclic amines) is 1. The van der Waals surface area contributed by atoms with E-state index < -0.39 is 23.3 Å². The third-order valence-corrected chi connectivity index (χ3v) is 10.9. The molecule has 1 aliphatic carbocycles. The van der Waals surface area contributed by atoms with E-state index >= 15 is 0 Å². The van der Waals surface area contributed by atoms with E-state index in [1.807, 2.05) is 84.9 Å². The van der Waals surface area contributed by atoms with Crippen molar-refractivity contribution in [3.05, 3.63) is 83.4 Å². The first kappa shape index (κ1) is 45.2. The number of alkyl carbamates (subject to hydrolysis) is 1. The van der Waals surface area contributed by atoms with Gasteiger partial charge in [-0.25, -0.2) is 9.59 Å². The van der Waals surface area contributed by atoms with Gasteiger partial charge in [-0.05, 0) is 150 Å². The predicted molar refractivity (Wildman–Crippen MR) is 234 cm³/mol. The van der Waals surface area contributed by atoms with Crippen LogP contribution in [0, 0.1) is 18.8 Å². The van der Waals surface area contributed by atoms with Crippen LogP contribution >= 0.6 is 0 Å². The quantitative estimate of drug-likeness (QED) is 0.103. The number of hydrogen-bond acceptors (Lipinski definition) is 10. The topological polar surface area (TPSA) is 210 Å². The van der Waals surface area contributed by atoms with E-state index in [2.05, 4.69) is 41.9 Å². The summed E-state index contributed by atoms with van der Waals surface area (Å²) in [6.07, 6.45) is 2.87. The monoisotopic (exact) mass is 849 g/mol. The van der Waals surface area contributed by atoms with Gasteiger partial charge in [0.2, 0.25) is 17.6 Å². The van der Waals surface area contributed by atoms with Crippen LogP contribution in [0.15, 0.2) is 66.7 Å². The number of aromatic nitrogens is 4. The van der Waals surface area contributed by atoms with Gasteiger partial charge in [0.1, 0.15) is 17.2 Å². The van der Waals surface area contributed by atoms with E-state index in [0.29, 0.717) is 56.0 Å². The van der Waals surface area contributed by atoms with Crippen LogP contribution in [0.1, 0.15) is 95.1 Å². The first-order chi connectivity index (χ1) is 29.4. The molecule has 0 spiro atoms. The van der Waals surface area contributed by atoms with E-state index in [1.54, 1.807) is 35.2 Å². The summed E-state index contributed by atoms with van der Waals surface area (Å²) in [4.78, 5) is 67.2. The Balaban J connectivity index is 1.08. The Morgan fingerprint density at radius 2 is 1.52 bits per heavy atom. The van der Waals surface area contributed by atoms with Gasteiger partial charge in [0.05, 0.1) is 0 Å². The van der Waals surface area contributed by atoms with Crippen LogP contribution in [0.3, 0.4) is 0 Å². The minimum atomic E-state index is -0.868. The van der Waals surface area contributed by atoms with E-state index in [4.69, 9.17) is 9.47 Å². The number of carbonyl (C=O) groups excluding carboxylic acids is 5. The van der Waals surface area contributed by atoms with E-state index in [0.717, 1.165) is 40.7 Å². The number of rotatable bonds is 12. The molecule has 16 heteroatoms. The van der Waals surface area contributed by atoms with Gasteiger partial charge < -0.3 is 35.6 Å². The average Bonchev–Trinajstić information content (AvgIpc) is 3.93. The smallest absolute Gasteiger partial charge is 0.410 e. The molecule has 16 nitrogen and oxygen atoms in total. The van der Waals surface area contributed by atoms with E-state index in [1.165, 1.54) is 0 Å². The van der Waals surface area contributed by atoms with Crippen LogP contribution in [0.25, 0.3) is 22.5 Å². The number of anilines is 1. The highest BCUT2D eigenvalue weighted by Gasteiger charge is 2.32. The van der Waals surface area contributed by atoms with Crippen molar-refractivity contribution in [2.45, 2.75) is 110 Å². The standard InChI is InChI=1S/C46H59N9O7/c1-28-24-34(41(57)49-36-22-23-55(27-36)44(60)62-46(5,6)7)18-21-37(28)31-12-8-29(9-13-31)25-38(42(58)48-35-19-16-32(17-20-35)39-51-53-54-52-39)50-40(56)33-14-10-30(11-15-33)26-47-43(59)61-45(2,3)4/h8-9,12-13,16-21,24,30,33,36,38H,10-11,14-15,22-23,25-27H2,1-7H3,(H,47,59)(H,48,58)(H,49,57)(H,50,56)(H,51,52,53,54)/t30?,33?,36-,38-/m0/s1. The SMILES string of the molecule is Cc1cc(C(=O)N[C@H]2CCN(C(=O)OC(C)(C)C)C2)ccc1-c1ccc(C[C@H](NC(=O)C2CCC(CNC(=O)OC(C)(C)C)CC2)C(=O)Nc2ccc(-c3nn[nH]n3)cc2)cc1. The van der Waals surface area contributed by atoms with Crippen LogP contribution in [0.4, 0.5) is 15.3 Å². The van der Waals surface area contributed by atoms with E-state index in [9.17, 15) is 24.0 Å². The molecule has 0 unspecified atom stereocenters. The summed E-state index contributed by atoms with van der Waals surface area (Å²) in [6.45, 7) is 14.3. The summed E-state index contributed by atoms with van der Waals surface area (Å²) in [5, 5.41) is 26.0. The van der Waals surface area contributed by atoms with Crippen molar-refractivity contribution in [1.82, 2.24) is 41.5 Å². The number of nitrogens with zero attached hydrogens (tertiary/aromatic N) is 4. The van der Waals surface area contributed by atoms with Gasteiger partial charge in [0, 0.05) is 54.8 Å². The number of aryl methyl sites for hydroxylation is 1. The highest BCUT2D eigenvalue weighted by atomic mass is 16.6. The Morgan fingerprint density at radius 3 is 2.15 bits per heavy atom. The lowest BCUT2D eigenvalue weighted by molar-refractivity contribution is -0.130. The van der Waals surface area contributed by atoms with Gasteiger partial charge in [-0.1, -0.05) is 30.3 Å². The van der Waals surface area contributed by atoms with Crippen molar-refractivity contribution >= 4 is 35.6 Å². The Kier molecular flexibility index (Phi) is 14.3. The number of amides is 5. The minimum Gasteiger partial charge on any atom is -0.444 e. The molecule has 1 aliphatic heterocycles. The highest BCUT2D eigenvalue weighted by Crippen LogP contribution is 2.30. The molecule has 3 aromatic carbocycles. The lowest BCUT2D eigenvalue weighted by atomic mass is 9.81. The number of carbonyl (C=O) groups is 5. The molecule has 1 aromatic heterocycles. The van der Waals surface area contributed by atoms with Gasteiger partial charge in [0.25, 0.3) is 5.91 Å². The minimum absolute atomic E-state index is 0.170. The van der Waals surface area contributed by atoms with Crippen LogP contribution in [0.5, 0.6) is 0 Å². The molecule has 6 rings (SSSR count). The second-order valence-corrected chi connectivity index (χ2v) is 18.3. The zero-order valence-electron chi connectivity index (χ0n) is 36.7. The molecule has 5 amide bonds. The van der Waals surface area contributed by atoms with Gasteiger partial charge in [-0.2, -0.15) is 5.21 Å². The molecule has 1 saturated heterocycles. The maximum absolute atomic E-state index is 13.9. The Morgan fingerprint density at radius 1 is 0.839 bits per heavy atom. The lowest BCUT2D eigenvalue weighted by Crippen LogP contribution is -2.48. The van der Waals surface area contributed by atoms with Crippen molar-refractivity contribution in [2.75, 3.05) is 25.0 Å². The zero-order chi connectivity index (χ0) is 44.6. The molecule has 4 aromatic rings. The van der Waals surface area contributed by atoms with Gasteiger partial charge >= 0.3 is 12.2 Å². The number of ether oxygens (including phenoxy) is 2. The normalized spacial score (nSPS) is 18.3. The molecule has 2 heterocycles. The number of aromatic amines is 1. The van der Waals surface area contributed by atoms with Crippen molar-refractivity contribution in [3.8, 4) is 22.5 Å². The summed E-state index contributed by atoms with van der Waals surface area (Å²) in [7, 11) is 0. The molecule has 2 atom stereocenters. The third-order valence-electron chi connectivity index (χ3n) is 10.9. The first-order valence-electron chi connectivity index (χ1n) is 21.3. The fraction of sp³-hybridized carbons (Fsp3) is 0.478. The van der Waals surface area contributed by atoms with E-state index in [-0.39, 0.29) is 48.1 Å².